The number of carbonyl (C=O) groups excluding carboxylic acids is 2. The first-order chi connectivity index (χ1) is 8.15. The summed E-state index contributed by atoms with van der Waals surface area (Å²) in [6.45, 7) is 0.427. The summed E-state index contributed by atoms with van der Waals surface area (Å²) in [6.07, 6.45) is 2.72. The van der Waals surface area contributed by atoms with Crippen LogP contribution in [0, 0.1) is 0 Å². The average Bonchev–Trinajstić information content (AvgIpc) is 2.73. The van der Waals surface area contributed by atoms with Crippen molar-refractivity contribution in [1.82, 2.24) is 15.6 Å². The Hall–Kier alpha value is -2.11. The number of nitrogens with two attached hydrogens (primary N) is 1. The van der Waals surface area contributed by atoms with Crippen LogP contribution in [-0.2, 0) is 4.79 Å². The Morgan fingerprint density at radius 2 is 2.41 bits per heavy atom. The third-order valence-corrected chi connectivity index (χ3v) is 2.61. The highest BCUT2D eigenvalue weighted by molar-refractivity contribution is 5.92. The summed E-state index contributed by atoms with van der Waals surface area (Å²) in [5.41, 5.74) is 6.31. The molecule has 1 unspecified atom stereocenters. The summed E-state index contributed by atoms with van der Waals surface area (Å²) >= 11 is 0. The van der Waals surface area contributed by atoms with Crippen LogP contribution >= 0.6 is 0 Å². The lowest BCUT2D eigenvalue weighted by Gasteiger charge is -2.10. The van der Waals surface area contributed by atoms with Gasteiger partial charge in [-0.05, 0) is 18.6 Å². The van der Waals surface area contributed by atoms with E-state index in [9.17, 15) is 9.59 Å². The molecule has 4 N–H and O–H groups in total. The zero-order chi connectivity index (χ0) is 12.3. The molecule has 2 rings (SSSR count). The Kier molecular flexibility index (Phi) is 3.22. The first-order valence-corrected chi connectivity index (χ1v) is 5.44. The summed E-state index contributed by atoms with van der Waals surface area (Å²) in [4.78, 5) is 26.5. The Morgan fingerprint density at radius 1 is 1.59 bits per heavy atom. The van der Waals surface area contributed by atoms with Crippen molar-refractivity contribution in [2.75, 3.05) is 12.3 Å². The number of nitrogens with one attached hydrogen (secondary N) is 2. The van der Waals surface area contributed by atoms with Gasteiger partial charge in [-0.1, -0.05) is 0 Å². The van der Waals surface area contributed by atoms with Gasteiger partial charge in [-0.25, -0.2) is 4.98 Å². The van der Waals surface area contributed by atoms with Gasteiger partial charge in [0.25, 0.3) is 5.91 Å². The minimum Gasteiger partial charge on any atom is -0.397 e. The maximum absolute atomic E-state index is 11.7. The van der Waals surface area contributed by atoms with E-state index in [0.717, 1.165) is 6.42 Å². The van der Waals surface area contributed by atoms with E-state index >= 15 is 0 Å². The van der Waals surface area contributed by atoms with Gasteiger partial charge in [0.1, 0.15) is 5.69 Å². The monoisotopic (exact) mass is 234 g/mol. The minimum absolute atomic E-state index is 0.0280. The minimum atomic E-state index is -0.258. The summed E-state index contributed by atoms with van der Waals surface area (Å²) in [6, 6.07) is 3.22. The summed E-state index contributed by atoms with van der Waals surface area (Å²) in [5, 5.41) is 5.50. The van der Waals surface area contributed by atoms with Gasteiger partial charge in [-0.15, -0.1) is 0 Å². The molecule has 2 amide bonds. The van der Waals surface area contributed by atoms with Gasteiger partial charge < -0.3 is 16.4 Å². The molecule has 0 radical (unpaired) electrons. The number of carbonyl (C=O) groups is 2. The number of nitrogens with zero attached hydrogens (tertiary/aromatic N) is 1. The second kappa shape index (κ2) is 4.82. The van der Waals surface area contributed by atoms with Crippen LogP contribution in [0.25, 0.3) is 0 Å². The number of hydrogen-bond donors (Lipinski definition) is 3. The topological polar surface area (TPSA) is 97.1 Å². The summed E-state index contributed by atoms with van der Waals surface area (Å²) in [5.74, 6) is -0.221. The predicted molar refractivity (Wildman–Crippen MR) is 62.1 cm³/mol. The lowest BCUT2D eigenvalue weighted by molar-refractivity contribution is -0.119. The van der Waals surface area contributed by atoms with Gasteiger partial charge in [0.15, 0.2) is 0 Å². The number of nitrogen functional groups attached to an aromatic ring is 1. The molecule has 1 aromatic heterocycles. The molecule has 1 atom stereocenters. The van der Waals surface area contributed by atoms with Gasteiger partial charge in [0, 0.05) is 19.0 Å². The fourth-order valence-electron chi connectivity index (χ4n) is 1.68. The molecule has 1 aliphatic heterocycles. The lowest BCUT2D eigenvalue weighted by atomic mass is 10.2. The Balaban J connectivity index is 1.85. The molecule has 90 valence electrons. The van der Waals surface area contributed by atoms with Gasteiger partial charge in [-0.3, -0.25) is 9.59 Å². The van der Waals surface area contributed by atoms with Crippen molar-refractivity contribution < 1.29 is 9.59 Å². The van der Waals surface area contributed by atoms with E-state index in [0.29, 0.717) is 24.3 Å². The van der Waals surface area contributed by atoms with E-state index in [2.05, 4.69) is 15.6 Å². The van der Waals surface area contributed by atoms with Crippen LogP contribution in [0.15, 0.2) is 18.3 Å². The molecule has 6 nitrogen and oxygen atoms in total. The van der Waals surface area contributed by atoms with Crippen LogP contribution in [-0.4, -0.2) is 29.4 Å². The van der Waals surface area contributed by atoms with Crippen LogP contribution in [0.2, 0.25) is 0 Å². The number of aromatic nitrogens is 1. The van der Waals surface area contributed by atoms with Crippen molar-refractivity contribution in [1.29, 1.82) is 0 Å². The average molecular weight is 234 g/mol. The maximum atomic E-state index is 11.7. The molecule has 1 aromatic rings. The first-order valence-electron chi connectivity index (χ1n) is 5.44. The Morgan fingerprint density at radius 3 is 3.00 bits per heavy atom. The number of hydrogen-bond acceptors (Lipinski definition) is 4. The molecular weight excluding hydrogens is 220 g/mol. The highest BCUT2D eigenvalue weighted by Crippen LogP contribution is 2.05. The van der Waals surface area contributed by atoms with Crippen molar-refractivity contribution in [3.63, 3.8) is 0 Å². The smallest absolute Gasteiger partial charge is 0.269 e. The van der Waals surface area contributed by atoms with E-state index in [1.54, 1.807) is 12.1 Å². The number of rotatable bonds is 3. The van der Waals surface area contributed by atoms with Crippen LogP contribution < -0.4 is 16.4 Å². The van der Waals surface area contributed by atoms with E-state index in [1.165, 1.54) is 6.20 Å². The van der Waals surface area contributed by atoms with Crippen molar-refractivity contribution in [2.45, 2.75) is 18.9 Å². The number of anilines is 1. The molecule has 0 saturated carbocycles. The third kappa shape index (κ3) is 2.93. The summed E-state index contributed by atoms with van der Waals surface area (Å²) in [7, 11) is 0. The largest absolute Gasteiger partial charge is 0.397 e. The van der Waals surface area contributed by atoms with Gasteiger partial charge in [0.05, 0.1) is 11.9 Å². The molecule has 0 aliphatic carbocycles. The van der Waals surface area contributed by atoms with E-state index < -0.39 is 0 Å². The van der Waals surface area contributed by atoms with Crippen molar-refractivity contribution >= 4 is 17.5 Å². The molecule has 17 heavy (non-hydrogen) atoms. The molecular formula is C11H14N4O2. The standard InChI is InChI=1S/C11H14N4O2/c12-7-1-3-9(13-5-7)11(17)14-6-8-2-4-10(16)15-8/h1,3,5,8H,2,4,6,12H2,(H,14,17)(H,15,16). The van der Waals surface area contributed by atoms with Crippen LogP contribution in [0.4, 0.5) is 5.69 Å². The molecule has 0 aromatic carbocycles. The highest BCUT2D eigenvalue weighted by atomic mass is 16.2. The van der Waals surface area contributed by atoms with E-state index in [1.807, 2.05) is 0 Å². The number of amides is 2. The van der Waals surface area contributed by atoms with E-state index in [-0.39, 0.29) is 17.9 Å². The zero-order valence-electron chi connectivity index (χ0n) is 9.27. The highest BCUT2D eigenvalue weighted by Gasteiger charge is 2.21. The van der Waals surface area contributed by atoms with Crippen LogP contribution in [0.3, 0.4) is 0 Å². The second-order valence-electron chi connectivity index (χ2n) is 3.99. The third-order valence-electron chi connectivity index (χ3n) is 2.61. The Bertz CT molecular complexity index is 430. The molecule has 0 spiro atoms. The quantitative estimate of drug-likeness (QED) is 0.667. The first kappa shape index (κ1) is 11.4. The second-order valence-corrected chi connectivity index (χ2v) is 3.99. The molecule has 2 heterocycles. The molecule has 0 bridgehead atoms. The molecule has 1 saturated heterocycles. The van der Waals surface area contributed by atoms with Gasteiger partial charge >= 0.3 is 0 Å². The number of pyridine rings is 1. The normalized spacial score (nSPS) is 18.8. The summed E-state index contributed by atoms with van der Waals surface area (Å²) < 4.78 is 0. The maximum Gasteiger partial charge on any atom is 0.269 e. The predicted octanol–water partition coefficient (Wildman–Crippen LogP) is -0.328. The fourth-order valence-corrected chi connectivity index (χ4v) is 1.68. The van der Waals surface area contributed by atoms with Crippen molar-refractivity contribution in [3.05, 3.63) is 24.0 Å². The zero-order valence-corrected chi connectivity index (χ0v) is 9.27. The lowest BCUT2D eigenvalue weighted by Crippen LogP contribution is -2.38. The molecule has 1 aliphatic rings. The van der Waals surface area contributed by atoms with E-state index in [4.69, 9.17) is 5.73 Å². The fraction of sp³-hybridized carbons (Fsp3) is 0.364. The Labute approximate surface area is 98.6 Å². The van der Waals surface area contributed by atoms with Crippen LogP contribution in [0.1, 0.15) is 23.3 Å². The van der Waals surface area contributed by atoms with Crippen LogP contribution in [0.5, 0.6) is 0 Å². The SMILES string of the molecule is Nc1ccc(C(=O)NCC2CCC(=O)N2)nc1. The van der Waals surface area contributed by atoms with Crippen molar-refractivity contribution in [3.8, 4) is 0 Å². The molecule has 1 fully saturated rings. The van der Waals surface area contributed by atoms with Gasteiger partial charge in [0.2, 0.25) is 5.91 Å². The molecule has 6 heteroatoms. The van der Waals surface area contributed by atoms with Crippen molar-refractivity contribution in [2.24, 2.45) is 0 Å². The van der Waals surface area contributed by atoms with Gasteiger partial charge in [-0.2, -0.15) is 0 Å².